The minimum absolute atomic E-state index is 0.0492. The Kier molecular flexibility index (Phi) is 4.56. The van der Waals surface area contributed by atoms with E-state index in [2.05, 4.69) is 10.3 Å². The van der Waals surface area contributed by atoms with E-state index in [0.29, 0.717) is 11.4 Å². The maximum absolute atomic E-state index is 12.2. The number of esters is 1. The van der Waals surface area contributed by atoms with Gasteiger partial charge in [-0.05, 0) is 24.3 Å². The first-order chi connectivity index (χ1) is 11.7. The van der Waals surface area contributed by atoms with E-state index >= 15 is 0 Å². The molecule has 3 aromatic rings. The van der Waals surface area contributed by atoms with Crippen LogP contribution < -0.4 is 5.32 Å². The van der Waals surface area contributed by atoms with E-state index in [-0.39, 0.29) is 25.0 Å². The predicted molar refractivity (Wildman–Crippen MR) is 89.4 cm³/mol. The third-order valence-electron chi connectivity index (χ3n) is 3.69. The second kappa shape index (κ2) is 6.95. The molecule has 6 nitrogen and oxygen atoms in total. The van der Waals surface area contributed by atoms with Crippen LogP contribution in [-0.4, -0.2) is 28.5 Å². The van der Waals surface area contributed by atoms with E-state index < -0.39 is 0 Å². The molecule has 6 heteroatoms. The van der Waals surface area contributed by atoms with Crippen molar-refractivity contribution in [2.24, 2.45) is 0 Å². The summed E-state index contributed by atoms with van der Waals surface area (Å²) in [5.41, 5.74) is 2.17. The zero-order valence-corrected chi connectivity index (χ0v) is 13.2. The number of hydrogen-bond donors (Lipinski definition) is 1. The number of aromatic nitrogens is 2. The van der Waals surface area contributed by atoms with E-state index in [1.807, 2.05) is 30.3 Å². The van der Waals surface area contributed by atoms with Crippen LogP contribution in [0.1, 0.15) is 16.2 Å². The summed E-state index contributed by atoms with van der Waals surface area (Å²) in [6.45, 7) is 0.271. The lowest BCUT2D eigenvalue weighted by Gasteiger charge is -2.09. The summed E-state index contributed by atoms with van der Waals surface area (Å²) in [5, 5.41) is 2.83. The molecule has 24 heavy (non-hydrogen) atoms. The number of benzene rings is 2. The highest BCUT2D eigenvalue weighted by Gasteiger charge is 2.14. The normalized spacial score (nSPS) is 10.5. The van der Waals surface area contributed by atoms with Crippen molar-refractivity contribution in [2.45, 2.75) is 13.1 Å². The molecule has 0 atom stereocenters. The largest absolute Gasteiger partial charge is 0.468 e. The van der Waals surface area contributed by atoms with Crippen molar-refractivity contribution in [3.63, 3.8) is 0 Å². The molecular weight excluding hydrogens is 306 g/mol. The third kappa shape index (κ3) is 3.27. The molecule has 3 rings (SSSR count). The number of rotatable bonds is 5. The summed E-state index contributed by atoms with van der Waals surface area (Å²) in [4.78, 5) is 28.4. The average molecular weight is 323 g/mol. The predicted octanol–water partition coefficient (Wildman–Crippen LogP) is 2.14. The fraction of sp³-hybridized carbons (Fsp3) is 0.167. The molecule has 0 aliphatic rings. The maximum atomic E-state index is 12.2. The standard InChI is InChI=1S/C18H17N3O3/c1-24-17(22)12-21-15-10-6-5-9-14(15)20-16(21)11-19-18(23)13-7-3-2-4-8-13/h2-10H,11-12H2,1H3,(H,19,23). The Hall–Kier alpha value is -3.15. The highest BCUT2D eigenvalue weighted by atomic mass is 16.5. The van der Waals surface area contributed by atoms with Gasteiger partial charge < -0.3 is 14.6 Å². The van der Waals surface area contributed by atoms with E-state index in [9.17, 15) is 9.59 Å². The SMILES string of the molecule is COC(=O)Cn1c(CNC(=O)c2ccccc2)nc2ccccc21. The van der Waals surface area contributed by atoms with Crippen LogP contribution in [0.5, 0.6) is 0 Å². The molecule has 0 saturated heterocycles. The molecule has 1 amide bonds. The van der Waals surface area contributed by atoms with Gasteiger partial charge in [0.15, 0.2) is 0 Å². The molecule has 0 radical (unpaired) electrons. The maximum Gasteiger partial charge on any atom is 0.325 e. The molecule has 0 bridgehead atoms. The van der Waals surface area contributed by atoms with Crippen molar-refractivity contribution >= 4 is 22.9 Å². The van der Waals surface area contributed by atoms with Crippen molar-refractivity contribution in [1.82, 2.24) is 14.9 Å². The second-order valence-electron chi connectivity index (χ2n) is 5.23. The Morgan fingerprint density at radius 3 is 2.54 bits per heavy atom. The molecule has 1 aromatic heterocycles. The van der Waals surface area contributed by atoms with Crippen LogP contribution in [0.15, 0.2) is 54.6 Å². The molecule has 1 N–H and O–H groups in total. The minimum Gasteiger partial charge on any atom is -0.468 e. The van der Waals surface area contributed by atoms with Crippen LogP contribution in [0, 0.1) is 0 Å². The first-order valence-electron chi connectivity index (χ1n) is 7.53. The first kappa shape index (κ1) is 15.7. The van der Waals surface area contributed by atoms with Gasteiger partial charge in [0.1, 0.15) is 12.4 Å². The molecular formula is C18H17N3O3. The van der Waals surface area contributed by atoms with Gasteiger partial charge in [-0.1, -0.05) is 30.3 Å². The van der Waals surface area contributed by atoms with Gasteiger partial charge in [0.05, 0.1) is 24.7 Å². The van der Waals surface area contributed by atoms with Crippen LogP contribution in [-0.2, 0) is 22.6 Å². The van der Waals surface area contributed by atoms with Crippen molar-refractivity contribution in [3.8, 4) is 0 Å². The Morgan fingerprint density at radius 1 is 1.08 bits per heavy atom. The lowest BCUT2D eigenvalue weighted by atomic mass is 10.2. The number of nitrogens with zero attached hydrogens (tertiary/aromatic N) is 2. The van der Waals surface area contributed by atoms with E-state index in [0.717, 1.165) is 11.0 Å². The Labute approximate surface area is 139 Å². The smallest absolute Gasteiger partial charge is 0.325 e. The number of nitrogens with one attached hydrogen (secondary N) is 1. The van der Waals surface area contributed by atoms with Gasteiger partial charge in [-0.2, -0.15) is 0 Å². The van der Waals surface area contributed by atoms with Gasteiger partial charge >= 0.3 is 5.97 Å². The molecule has 0 aliphatic carbocycles. The van der Waals surface area contributed by atoms with Crippen molar-refractivity contribution in [2.75, 3.05) is 7.11 Å². The van der Waals surface area contributed by atoms with Crippen LogP contribution >= 0.6 is 0 Å². The van der Waals surface area contributed by atoms with Gasteiger partial charge in [0.2, 0.25) is 0 Å². The molecule has 0 fully saturated rings. The zero-order valence-electron chi connectivity index (χ0n) is 13.2. The lowest BCUT2D eigenvalue weighted by molar-refractivity contribution is -0.141. The quantitative estimate of drug-likeness (QED) is 0.730. The fourth-order valence-electron chi connectivity index (χ4n) is 2.48. The van der Waals surface area contributed by atoms with Crippen LogP contribution in [0.2, 0.25) is 0 Å². The lowest BCUT2D eigenvalue weighted by Crippen LogP contribution is -2.25. The number of hydrogen-bond acceptors (Lipinski definition) is 4. The first-order valence-corrected chi connectivity index (χ1v) is 7.53. The number of amides is 1. The number of carbonyl (C=O) groups excluding carboxylic acids is 2. The highest BCUT2D eigenvalue weighted by molar-refractivity contribution is 5.94. The Morgan fingerprint density at radius 2 is 1.79 bits per heavy atom. The average Bonchev–Trinajstić information content (AvgIpc) is 2.98. The van der Waals surface area contributed by atoms with Crippen molar-refractivity contribution < 1.29 is 14.3 Å². The van der Waals surface area contributed by atoms with E-state index in [1.54, 1.807) is 28.8 Å². The number of methoxy groups -OCH3 is 1. The van der Waals surface area contributed by atoms with Crippen LogP contribution in [0.25, 0.3) is 11.0 Å². The van der Waals surface area contributed by atoms with Gasteiger partial charge in [-0.3, -0.25) is 9.59 Å². The van der Waals surface area contributed by atoms with Gasteiger partial charge in [0, 0.05) is 5.56 Å². The van der Waals surface area contributed by atoms with Crippen molar-refractivity contribution in [1.29, 1.82) is 0 Å². The van der Waals surface area contributed by atoms with Crippen LogP contribution in [0.4, 0.5) is 0 Å². The topological polar surface area (TPSA) is 73.2 Å². The third-order valence-corrected chi connectivity index (χ3v) is 3.69. The number of ether oxygens (including phenoxy) is 1. The van der Waals surface area contributed by atoms with Gasteiger partial charge in [0.25, 0.3) is 5.91 Å². The monoisotopic (exact) mass is 323 g/mol. The van der Waals surface area contributed by atoms with Crippen LogP contribution in [0.3, 0.4) is 0 Å². The number of carbonyl (C=O) groups is 2. The summed E-state index contributed by atoms with van der Waals surface area (Å²) >= 11 is 0. The summed E-state index contributed by atoms with van der Waals surface area (Å²) < 4.78 is 6.50. The summed E-state index contributed by atoms with van der Waals surface area (Å²) in [5.74, 6) is 0.0481. The highest BCUT2D eigenvalue weighted by Crippen LogP contribution is 2.16. The zero-order chi connectivity index (χ0) is 16.9. The fourth-order valence-corrected chi connectivity index (χ4v) is 2.48. The van der Waals surface area contributed by atoms with E-state index in [4.69, 9.17) is 4.74 Å². The molecule has 0 saturated carbocycles. The summed E-state index contributed by atoms with van der Waals surface area (Å²) in [6.07, 6.45) is 0. The molecule has 0 unspecified atom stereocenters. The molecule has 0 aliphatic heterocycles. The molecule has 2 aromatic carbocycles. The van der Waals surface area contributed by atoms with Crippen molar-refractivity contribution in [3.05, 3.63) is 66.0 Å². The number of imidazole rings is 1. The summed E-state index contributed by atoms with van der Waals surface area (Å²) in [7, 11) is 1.35. The molecule has 1 heterocycles. The number of fused-ring (bicyclic) bond motifs is 1. The van der Waals surface area contributed by atoms with Gasteiger partial charge in [-0.25, -0.2) is 4.98 Å². The molecule has 0 spiro atoms. The Balaban J connectivity index is 1.84. The Bertz CT molecular complexity index is 872. The minimum atomic E-state index is -0.367. The van der Waals surface area contributed by atoms with E-state index in [1.165, 1.54) is 7.11 Å². The summed E-state index contributed by atoms with van der Waals surface area (Å²) in [6, 6.07) is 16.5. The second-order valence-corrected chi connectivity index (χ2v) is 5.23. The van der Waals surface area contributed by atoms with Gasteiger partial charge in [-0.15, -0.1) is 0 Å². The number of para-hydroxylation sites is 2. The molecule has 122 valence electrons.